The lowest BCUT2D eigenvalue weighted by Gasteiger charge is -2.13. The Balaban J connectivity index is 2.44. The molecule has 0 fully saturated rings. The first-order valence-corrected chi connectivity index (χ1v) is 6.27. The van der Waals surface area contributed by atoms with Crippen LogP contribution in [0, 0.1) is 10.1 Å². The van der Waals surface area contributed by atoms with E-state index in [-0.39, 0.29) is 10.6 Å². The van der Waals surface area contributed by atoms with Gasteiger partial charge in [-0.15, -0.1) is 0 Å². The third-order valence-corrected chi connectivity index (χ3v) is 2.97. The maximum Gasteiger partial charge on any atom is 0.299 e. The monoisotopic (exact) mass is 268 g/mol. The van der Waals surface area contributed by atoms with Crippen LogP contribution in [-0.4, -0.2) is 19.0 Å². The van der Waals surface area contributed by atoms with E-state index in [2.05, 4.69) is 0 Å². The van der Waals surface area contributed by atoms with Crippen molar-refractivity contribution < 1.29 is 4.92 Å². The highest BCUT2D eigenvalue weighted by Gasteiger charge is 2.18. The minimum atomic E-state index is -0.333. The van der Waals surface area contributed by atoms with Crippen molar-refractivity contribution in [2.45, 2.75) is 0 Å². The van der Waals surface area contributed by atoms with Gasteiger partial charge in [0.2, 0.25) is 0 Å². The minimum absolute atomic E-state index is 0.129. The molecule has 2 aromatic carbocycles. The van der Waals surface area contributed by atoms with E-state index in [9.17, 15) is 10.1 Å². The molecule has 2 aromatic rings. The number of benzene rings is 2. The summed E-state index contributed by atoms with van der Waals surface area (Å²) >= 11 is 0. The molecule has 0 saturated carbocycles. The zero-order chi connectivity index (χ0) is 14.5. The Morgan fingerprint density at radius 2 is 1.70 bits per heavy atom. The summed E-state index contributed by atoms with van der Waals surface area (Å²) in [4.78, 5) is 12.7. The molecule has 0 unspecified atom stereocenters. The summed E-state index contributed by atoms with van der Waals surface area (Å²) in [6.07, 6.45) is 3.66. The number of hydrogen-bond donors (Lipinski definition) is 0. The lowest BCUT2D eigenvalue weighted by Crippen LogP contribution is -2.11. The van der Waals surface area contributed by atoms with Gasteiger partial charge >= 0.3 is 0 Å². The van der Waals surface area contributed by atoms with Gasteiger partial charge in [0.25, 0.3) is 5.69 Å². The molecule has 4 heteroatoms. The number of anilines is 1. The quantitative estimate of drug-likeness (QED) is 0.481. The van der Waals surface area contributed by atoms with E-state index in [0.29, 0.717) is 11.3 Å². The van der Waals surface area contributed by atoms with Crippen LogP contribution < -0.4 is 4.90 Å². The van der Waals surface area contributed by atoms with Crippen LogP contribution in [-0.2, 0) is 0 Å². The van der Waals surface area contributed by atoms with Gasteiger partial charge in [-0.25, -0.2) is 0 Å². The average Bonchev–Trinajstić information content (AvgIpc) is 2.45. The third-order valence-electron chi connectivity index (χ3n) is 2.97. The van der Waals surface area contributed by atoms with E-state index >= 15 is 0 Å². The first kappa shape index (κ1) is 13.8. The highest BCUT2D eigenvalue weighted by Crippen LogP contribution is 2.31. The van der Waals surface area contributed by atoms with Crippen LogP contribution in [0.15, 0.2) is 48.5 Å². The van der Waals surface area contributed by atoms with E-state index in [4.69, 9.17) is 0 Å². The van der Waals surface area contributed by atoms with Crippen molar-refractivity contribution >= 4 is 23.5 Å². The van der Waals surface area contributed by atoms with Gasteiger partial charge in [0, 0.05) is 14.1 Å². The van der Waals surface area contributed by atoms with Gasteiger partial charge in [-0.3, -0.25) is 10.1 Å². The number of para-hydroxylation sites is 1. The van der Waals surface area contributed by atoms with Crippen molar-refractivity contribution in [3.8, 4) is 0 Å². The van der Waals surface area contributed by atoms with Crippen molar-refractivity contribution in [3.63, 3.8) is 0 Å². The molecule has 0 aliphatic heterocycles. The van der Waals surface area contributed by atoms with E-state index in [1.54, 1.807) is 37.2 Å². The Labute approximate surface area is 118 Å². The Morgan fingerprint density at radius 1 is 1.00 bits per heavy atom. The molecule has 0 saturated heterocycles. The van der Waals surface area contributed by atoms with E-state index in [1.165, 1.54) is 0 Å². The summed E-state index contributed by atoms with van der Waals surface area (Å²) in [7, 11) is 3.60. The lowest BCUT2D eigenvalue weighted by molar-refractivity contribution is -0.384. The summed E-state index contributed by atoms with van der Waals surface area (Å²) in [5.74, 6) is 0. The van der Waals surface area contributed by atoms with Crippen LogP contribution in [0.5, 0.6) is 0 Å². The highest BCUT2D eigenvalue weighted by atomic mass is 16.6. The van der Waals surface area contributed by atoms with Gasteiger partial charge in [0.05, 0.1) is 10.5 Å². The molecule has 4 nitrogen and oxygen atoms in total. The van der Waals surface area contributed by atoms with Crippen LogP contribution in [0.25, 0.3) is 12.2 Å². The van der Waals surface area contributed by atoms with Gasteiger partial charge < -0.3 is 4.90 Å². The summed E-state index contributed by atoms with van der Waals surface area (Å²) in [5, 5.41) is 11.3. The summed E-state index contributed by atoms with van der Waals surface area (Å²) in [6, 6.07) is 15.0. The number of nitro groups is 1. The maximum atomic E-state index is 11.3. The van der Waals surface area contributed by atoms with Gasteiger partial charge in [-0.2, -0.15) is 0 Å². The molecule has 0 aromatic heterocycles. The first-order chi connectivity index (χ1) is 9.59. The van der Waals surface area contributed by atoms with Gasteiger partial charge in [-0.05, 0) is 23.8 Å². The van der Waals surface area contributed by atoms with E-state index < -0.39 is 0 Å². The molecule has 0 bridgehead atoms. The second-order valence-corrected chi connectivity index (χ2v) is 4.61. The maximum absolute atomic E-state index is 11.3. The summed E-state index contributed by atoms with van der Waals surface area (Å²) in [6.45, 7) is 0. The Morgan fingerprint density at radius 3 is 2.30 bits per heavy atom. The topological polar surface area (TPSA) is 46.4 Å². The van der Waals surface area contributed by atoms with Crippen molar-refractivity contribution in [2.24, 2.45) is 0 Å². The second kappa shape index (κ2) is 6.02. The van der Waals surface area contributed by atoms with Gasteiger partial charge in [-0.1, -0.05) is 42.5 Å². The molecule has 0 aliphatic rings. The molecule has 0 atom stereocenters. The standard InChI is InChI=1S/C16H16N2O2/c1-17(2)15-10-6-9-14(16(15)18(19)20)12-11-13-7-4-3-5-8-13/h3-12H,1-2H3/b12-11+. The number of nitrogens with zero attached hydrogens (tertiary/aromatic N) is 2. The molecule has 2 rings (SSSR count). The SMILES string of the molecule is CN(C)c1cccc(/C=C/c2ccccc2)c1[N+](=O)[O-]. The molecular weight excluding hydrogens is 252 g/mol. The van der Waals surface area contributed by atoms with Crippen LogP contribution in [0.2, 0.25) is 0 Å². The van der Waals surface area contributed by atoms with Crippen molar-refractivity contribution in [1.29, 1.82) is 0 Å². The molecule has 20 heavy (non-hydrogen) atoms. The molecular formula is C16H16N2O2. The predicted molar refractivity (Wildman–Crippen MR) is 82.8 cm³/mol. The fraction of sp³-hybridized carbons (Fsp3) is 0.125. The minimum Gasteiger partial charge on any atom is -0.372 e. The zero-order valence-corrected chi connectivity index (χ0v) is 11.5. The molecule has 102 valence electrons. The highest BCUT2D eigenvalue weighted by molar-refractivity contribution is 5.80. The molecule has 0 spiro atoms. The van der Waals surface area contributed by atoms with E-state index in [0.717, 1.165) is 5.56 Å². The molecule has 0 radical (unpaired) electrons. The largest absolute Gasteiger partial charge is 0.372 e. The van der Waals surface area contributed by atoms with Crippen molar-refractivity contribution in [2.75, 3.05) is 19.0 Å². The average molecular weight is 268 g/mol. The third kappa shape index (κ3) is 3.03. The smallest absolute Gasteiger partial charge is 0.299 e. The Bertz CT molecular complexity index is 634. The predicted octanol–water partition coefficient (Wildman–Crippen LogP) is 3.83. The van der Waals surface area contributed by atoms with Crippen molar-refractivity contribution in [1.82, 2.24) is 0 Å². The molecule has 0 heterocycles. The number of hydrogen-bond acceptors (Lipinski definition) is 3. The van der Waals surface area contributed by atoms with Crippen molar-refractivity contribution in [3.05, 3.63) is 69.8 Å². The summed E-state index contributed by atoms with van der Waals surface area (Å²) < 4.78 is 0. The fourth-order valence-electron chi connectivity index (χ4n) is 1.99. The van der Waals surface area contributed by atoms with Crippen LogP contribution >= 0.6 is 0 Å². The first-order valence-electron chi connectivity index (χ1n) is 6.27. The Hall–Kier alpha value is -2.62. The molecule has 0 aliphatic carbocycles. The van der Waals surface area contributed by atoms with Gasteiger partial charge in [0.1, 0.15) is 5.69 Å². The van der Waals surface area contributed by atoms with Crippen LogP contribution in [0.3, 0.4) is 0 Å². The number of nitro benzene ring substituents is 1. The number of rotatable bonds is 4. The Kier molecular flexibility index (Phi) is 4.15. The lowest BCUT2D eigenvalue weighted by atomic mass is 10.1. The normalized spacial score (nSPS) is 10.7. The zero-order valence-electron chi connectivity index (χ0n) is 11.5. The second-order valence-electron chi connectivity index (χ2n) is 4.61. The fourth-order valence-corrected chi connectivity index (χ4v) is 1.99. The van der Waals surface area contributed by atoms with E-state index in [1.807, 2.05) is 42.5 Å². The van der Waals surface area contributed by atoms with Crippen LogP contribution in [0.4, 0.5) is 11.4 Å². The molecule has 0 amide bonds. The van der Waals surface area contributed by atoms with Crippen LogP contribution in [0.1, 0.15) is 11.1 Å². The summed E-state index contributed by atoms with van der Waals surface area (Å²) in [5.41, 5.74) is 2.34. The molecule has 0 N–H and O–H groups in total. The van der Waals surface area contributed by atoms with Gasteiger partial charge in [0.15, 0.2) is 0 Å².